The van der Waals surface area contributed by atoms with Crippen molar-refractivity contribution in [2.45, 2.75) is 37.8 Å². The van der Waals surface area contributed by atoms with E-state index in [2.05, 4.69) is 53.7 Å². The fraction of sp³-hybridized carbons (Fsp3) is 0.367. The summed E-state index contributed by atoms with van der Waals surface area (Å²) < 4.78 is 8.32. The Morgan fingerprint density at radius 1 is 1.02 bits per heavy atom. The summed E-state index contributed by atoms with van der Waals surface area (Å²) in [5.74, 6) is 0.381. The van der Waals surface area contributed by atoms with Gasteiger partial charge in [-0.05, 0) is 69.6 Å². The number of pyridine rings is 1. The number of benzene rings is 1. The molecule has 2 aliphatic heterocycles. The quantitative estimate of drug-likeness (QED) is 0.289. The molecule has 41 heavy (non-hydrogen) atoms. The van der Waals surface area contributed by atoms with E-state index in [9.17, 15) is 4.79 Å². The standard InChI is InChI=1S/C30H33N9O2/c1-38-10-6-23(7-11-38)41-30-25-12-19(2-3-27(25)34-18-35-30)26-16-33-28-24(26)13-20(14-32-28)29(40)37-21-15-36-39(17-21)22-4-8-31-9-5-22/h2-3,12-18,22-23,31H,4-11H2,1H3,(H,32,33)(H,37,40). The Labute approximate surface area is 237 Å². The third-order valence-corrected chi connectivity index (χ3v) is 8.19. The molecule has 0 aliphatic carbocycles. The number of hydrogen-bond donors (Lipinski definition) is 3. The molecule has 0 spiro atoms. The Bertz CT molecular complexity index is 1700. The number of carbonyl (C=O) groups excluding carboxylic acids is 1. The molecule has 0 bridgehead atoms. The van der Waals surface area contributed by atoms with Crippen molar-refractivity contribution in [1.82, 2.24) is 39.9 Å². The van der Waals surface area contributed by atoms with Crippen LogP contribution in [0.3, 0.4) is 0 Å². The van der Waals surface area contributed by atoms with Crippen LogP contribution in [0.5, 0.6) is 5.88 Å². The van der Waals surface area contributed by atoms with Gasteiger partial charge in [0, 0.05) is 42.6 Å². The number of carbonyl (C=O) groups is 1. The lowest BCUT2D eigenvalue weighted by molar-refractivity contribution is 0.102. The number of ether oxygens (including phenoxy) is 1. The molecule has 4 aromatic heterocycles. The third kappa shape index (κ3) is 5.25. The van der Waals surface area contributed by atoms with Crippen LogP contribution in [-0.4, -0.2) is 79.9 Å². The van der Waals surface area contributed by atoms with Crippen LogP contribution in [0.25, 0.3) is 33.1 Å². The van der Waals surface area contributed by atoms with Crippen LogP contribution in [-0.2, 0) is 0 Å². The summed E-state index contributed by atoms with van der Waals surface area (Å²) in [6, 6.07) is 8.30. The number of nitrogens with zero attached hydrogens (tertiary/aromatic N) is 6. The van der Waals surface area contributed by atoms with Crippen molar-refractivity contribution >= 4 is 33.5 Å². The number of H-pyrrole nitrogens is 1. The Balaban J connectivity index is 1.14. The molecule has 2 fully saturated rings. The smallest absolute Gasteiger partial charge is 0.257 e. The molecule has 11 heteroatoms. The Morgan fingerprint density at radius 3 is 2.73 bits per heavy atom. The van der Waals surface area contributed by atoms with E-state index in [1.165, 1.54) is 0 Å². The molecule has 6 heterocycles. The van der Waals surface area contributed by atoms with Crippen LogP contribution < -0.4 is 15.4 Å². The van der Waals surface area contributed by atoms with Crippen LogP contribution in [0, 0.1) is 0 Å². The minimum Gasteiger partial charge on any atom is -0.474 e. The largest absolute Gasteiger partial charge is 0.474 e. The summed E-state index contributed by atoms with van der Waals surface area (Å²) in [6.45, 7) is 3.98. The van der Waals surface area contributed by atoms with Gasteiger partial charge in [0.15, 0.2) is 0 Å². The highest BCUT2D eigenvalue weighted by Crippen LogP contribution is 2.33. The Morgan fingerprint density at radius 2 is 1.88 bits per heavy atom. The highest BCUT2D eigenvalue weighted by molar-refractivity contribution is 6.07. The van der Waals surface area contributed by atoms with Crippen LogP contribution in [0.15, 0.2) is 55.4 Å². The maximum Gasteiger partial charge on any atom is 0.257 e. The molecule has 1 amide bonds. The van der Waals surface area contributed by atoms with Crippen LogP contribution in [0.1, 0.15) is 42.1 Å². The average molecular weight is 552 g/mol. The number of aromatic nitrogens is 6. The second-order valence-corrected chi connectivity index (χ2v) is 11.0. The van der Waals surface area contributed by atoms with Crippen LogP contribution >= 0.6 is 0 Å². The average Bonchev–Trinajstić information content (AvgIpc) is 3.66. The summed E-state index contributed by atoms with van der Waals surface area (Å²) in [5, 5.41) is 12.6. The molecule has 0 atom stereocenters. The van der Waals surface area contributed by atoms with E-state index in [1.54, 1.807) is 18.7 Å². The predicted octanol–water partition coefficient (Wildman–Crippen LogP) is 4.02. The van der Waals surface area contributed by atoms with Crippen molar-refractivity contribution in [3.63, 3.8) is 0 Å². The zero-order chi connectivity index (χ0) is 27.8. The van der Waals surface area contributed by atoms with Gasteiger partial charge in [0.05, 0.1) is 34.4 Å². The lowest BCUT2D eigenvalue weighted by atomic mass is 10.0. The number of fused-ring (bicyclic) bond motifs is 2. The van der Waals surface area contributed by atoms with Gasteiger partial charge in [-0.2, -0.15) is 5.10 Å². The fourth-order valence-corrected chi connectivity index (χ4v) is 5.80. The van der Waals surface area contributed by atoms with E-state index in [1.807, 2.05) is 35.3 Å². The molecular formula is C30H33N9O2. The molecule has 2 saturated heterocycles. The minimum absolute atomic E-state index is 0.137. The molecule has 1 aromatic carbocycles. The maximum atomic E-state index is 13.2. The van der Waals surface area contributed by atoms with Gasteiger partial charge in [0.1, 0.15) is 18.1 Å². The second-order valence-electron chi connectivity index (χ2n) is 11.0. The molecule has 3 N–H and O–H groups in total. The predicted molar refractivity (Wildman–Crippen MR) is 157 cm³/mol. The number of rotatable bonds is 6. The maximum absolute atomic E-state index is 13.2. The fourth-order valence-electron chi connectivity index (χ4n) is 5.80. The SMILES string of the molecule is CN1CCC(Oc2ncnc3ccc(-c4c[nH]c5ncc(C(=O)Nc6cnn(C7CCNCC7)c6)cc45)cc23)CC1. The first-order valence-corrected chi connectivity index (χ1v) is 14.2. The van der Waals surface area contributed by atoms with Crippen molar-refractivity contribution in [2.75, 3.05) is 38.5 Å². The lowest BCUT2D eigenvalue weighted by Crippen LogP contribution is -2.35. The number of anilines is 1. The van der Waals surface area contributed by atoms with Gasteiger partial charge in [-0.15, -0.1) is 0 Å². The van der Waals surface area contributed by atoms with E-state index in [0.717, 1.165) is 79.3 Å². The highest BCUT2D eigenvalue weighted by atomic mass is 16.5. The number of nitrogens with one attached hydrogen (secondary N) is 3. The van der Waals surface area contributed by atoms with E-state index in [-0.39, 0.29) is 12.0 Å². The monoisotopic (exact) mass is 551 g/mol. The molecule has 210 valence electrons. The summed E-state index contributed by atoms with van der Waals surface area (Å²) in [7, 11) is 2.14. The molecule has 11 nitrogen and oxygen atoms in total. The normalized spacial score (nSPS) is 17.3. The molecule has 0 radical (unpaired) electrons. The van der Waals surface area contributed by atoms with Crippen molar-refractivity contribution in [3.8, 4) is 17.0 Å². The van der Waals surface area contributed by atoms with Gasteiger partial charge in [-0.25, -0.2) is 15.0 Å². The highest BCUT2D eigenvalue weighted by Gasteiger charge is 2.21. The van der Waals surface area contributed by atoms with Crippen molar-refractivity contribution in [3.05, 3.63) is 60.9 Å². The van der Waals surface area contributed by atoms with E-state index >= 15 is 0 Å². The first kappa shape index (κ1) is 25.6. The number of hydrogen-bond acceptors (Lipinski definition) is 8. The van der Waals surface area contributed by atoms with Crippen molar-refractivity contribution < 1.29 is 9.53 Å². The molecule has 0 unspecified atom stereocenters. The zero-order valence-electron chi connectivity index (χ0n) is 23.0. The molecule has 5 aromatic rings. The zero-order valence-corrected chi connectivity index (χ0v) is 23.0. The minimum atomic E-state index is -0.225. The van der Waals surface area contributed by atoms with Crippen molar-refractivity contribution in [2.24, 2.45) is 0 Å². The molecule has 2 aliphatic rings. The Kier molecular flexibility index (Phi) is 6.81. The number of likely N-dealkylation sites (tertiary alicyclic amines) is 1. The Hall–Kier alpha value is -4.35. The first-order valence-electron chi connectivity index (χ1n) is 14.2. The second kappa shape index (κ2) is 10.9. The number of piperidine rings is 2. The van der Waals surface area contributed by atoms with E-state index in [4.69, 9.17) is 4.74 Å². The third-order valence-electron chi connectivity index (χ3n) is 8.19. The van der Waals surface area contributed by atoms with Crippen LogP contribution in [0.4, 0.5) is 5.69 Å². The van der Waals surface area contributed by atoms with Gasteiger partial charge in [-0.3, -0.25) is 9.48 Å². The van der Waals surface area contributed by atoms with Crippen LogP contribution in [0.2, 0.25) is 0 Å². The summed E-state index contributed by atoms with van der Waals surface area (Å²) in [4.78, 5) is 32.2. The molecule has 0 saturated carbocycles. The summed E-state index contributed by atoms with van der Waals surface area (Å²) in [6.07, 6.45) is 12.8. The van der Waals surface area contributed by atoms with Gasteiger partial charge in [0.2, 0.25) is 5.88 Å². The lowest BCUT2D eigenvalue weighted by Gasteiger charge is -2.29. The van der Waals surface area contributed by atoms with Gasteiger partial charge in [-0.1, -0.05) is 6.07 Å². The van der Waals surface area contributed by atoms with Gasteiger partial charge >= 0.3 is 0 Å². The van der Waals surface area contributed by atoms with E-state index < -0.39 is 0 Å². The van der Waals surface area contributed by atoms with Crippen molar-refractivity contribution in [1.29, 1.82) is 0 Å². The molecular weight excluding hydrogens is 518 g/mol. The summed E-state index contributed by atoms with van der Waals surface area (Å²) in [5.41, 5.74) is 4.60. The summed E-state index contributed by atoms with van der Waals surface area (Å²) >= 11 is 0. The topological polar surface area (TPSA) is 126 Å². The molecule has 7 rings (SSSR count). The number of aromatic amines is 1. The van der Waals surface area contributed by atoms with E-state index in [0.29, 0.717) is 28.8 Å². The van der Waals surface area contributed by atoms with Gasteiger partial charge < -0.3 is 25.3 Å². The first-order chi connectivity index (χ1) is 20.1. The van der Waals surface area contributed by atoms with Gasteiger partial charge in [0.25, 0.3) is 5.91 Å². The number of amides is 1.